The number of ether oxygens (including phenoxy) is 1. The van der Waals surface area contributed by atoms with E-state index in [0.29, 0.717) is 27.8 Å². The van der Waals surface area contributed by atoms with Gasteiger partial charge in [-0.15, -0.1) is 0 Å². The Labute approximate surface area is 224 Å². The zero-order chi connectivity index (χ0) is 27.3. The van der Waals surface area contributed by atoms with Crippen molar-refractivity contribution in [2.75, 3.05) is 24.6 Å². The average Bonchev–Trinajstić information content (AvgIpc) is 3.51. The van der Waals surface area contributed by atoms with Crippen LogP contribution >= 0.6 is 11.6 Å². The van der Waals surface area contributed by atoms with Gasteiger partial charge in [0.15, 0.2) is 26.9 Å². The highest BCUT2D eigenvalue weighted by atomic mass is 35.5. The number of benzene rings is 1. The number of sulfone groups is 1. The summed E-state index contributed by atoms with van der Waals surface area (Å²) >= 11 is 6.20. The van der Waals surface area contributed by atoms with Gasteiger partial charge in [0.25, 0.3) is 5.91 Å². The number of hydrogen-bond acceptors (Lipinski definition) is 8. The van der Waals surface area contributed by atoms with Crippen LogP contribution in [-0.4, -0.2) is 79.8 Å². The van der Waals surface area contributed by atoms with Crippen LogP contribution in [0.4, 0.5) is 8.78 Å². The molecule has 1 amide bonds. The van der Waals surface area contributed by atoms with Crippen LogP contribution in [0.15, 0.2) is 55.1 Å². The standard InChI is InChI=1S/C24H18ClF2N7O4S/c25-14-2-3-20(38-24(26)27)19(10-14)34-18-11-17(15-13-30-33-5-1-4-28-22(15)33)29-12-16(18)21(31-34)23(35)32-6-8-39(36,37)9-7-32/h1-5,10-13,24H,6-9H2. The van der Waals surface area contributed by atoms with E-state index in [4.69, 9.17) is 16.3 Å². The van der Waals surface area contributed by atoms with Gasteiger partial charge in [-0.05, 0) is 30.3 Å². The van der Waals surface area contributed by atoms with Crippen molar-refractivity contribution in [1.29, 1.82) is 0 Å². The molecule has 0 radical (unpaired) electrons. The molecule has 5 heterocycles. The number of fused-ring (bicyclic) bond motifs is 2. The number of nitrogens with zero attached hydrogens (tertiary/aromatic N) is 7. The van der Waals surface area contributed by atoms with Crippen LogP contribution in [0.2, 0.25) is 5.02 Å². The molecule has 11 nitrogen and oxygen atoms in total. The molecule has 4 aromatic heterocycles. The second-order valence-corrected chi connectivity index (χ2v) is 11.5. The summed E-state index contributed by atoms with van der Waals surface area (Å²) in [7, 11) is -3.23. The summed E-state index contributed by atoms with van der Waals surface area (Å²) < 4.78 is 57.9. The van der Waals surface area contributed by atoms with Crippen molar-refractivity contribution in [2.24, 2.45) is 0 Å². The normalized spacial score (nSPS) is 15.3. The van der Waals surface area contributed by atoms with E-state index in [9.17, 15) is 22.0 Å². The van der Waals surface area contributed by atoms with Gasteiger partial charge < -0.3 is 9.64 Å². The largest absolute Gasteiger partial charge is 0.433 e. The summed E-state index contributed by atoms with van der Waals surface area (Å²) in [5.41, 5.74) is 1.97. The van der Waals surface area contributed by atoms with Crippen LogP contribution in [0.5, 0.6) is 5.75 Å². The number of rotatable bonds is 5. The van der Waals surface area contributed by atoms with E-state index in [1.54, 1.807) is 35.2 Å². The molecule has 0 N–H and O–H groups in total. The zero-order valence-corrected chi connectivity index (χ0v) is 21.5. The maximum Gasteiger partial charge on any atom is 0.387 e. The molecule has 5 aromatic rings. The first-order valence-electron chi connectivity index (χ1n) is 11.6. The second-order valence-electron chi connectivity index (χ2n) is 8.73. The van der Waals surface area contributed by atoms with E-state index in [2.05, 4.69) is 20.2 Å². The lowest BCUT2D eigenvalue weighted by Crippen LogP contribution is -2.43. The van der Waals surface area contributed by atoms with Gasteiger partial charge in [-0.25, -0.2) is 22.6 Å². The van der Waals surface area contributed by atoms with E-state index in [1.165, 1.54) is 34.0 Å². The summed E-state index contributed by atoms with van der Waals surface area (Å²) in [6.07, 6.45) is 6.37. The molecule has 0 aliphatic carbocycles. The van der Waals surface area contributed by atoms with Gasteiger partial charge in [0.05, 0.1) is 39.9 Å². The molecule has 0 atom stereocenters. The fourth-order valence-corrected chi connectivity index (χ4v) is 5.79. The van der Waals surface area contributed by atoms with Crippen LogP contribution in [0.1, 0.15) is 10.5 Å². The number of amides is 1. The molecular formula is C24H18ClF2N7O4S. The highest BCUT2D eigenvalue weighted by Crippen LogP contribution is 2.33. The molecule has 1 aliphatic rings. The van der Waals surface area contributed by atoms with Gasteiger partial charge in [0.2, 0.25) is 0 Å². The van der Waals surface area contributed by atoms with Gasteiger partial charge >= 0.3 is 6.61 Å². The molecule has 200 valence electrons. The van der Waals surface area contributed by atoms with Crippen LogP contribution in [0, 0.1) is 0 Å². The molecule has 15 heteroatoms. The summed E-state index contributed by atoms with van der Waals surface area (Å²) in [6, 6.07) is 7.43. The summed E-state index contributed by atoms with van der Waals surface area (Å²) in [5, 5.41) is 9.31. The molecule has 1 saturated heterocycles. The quantitative estimate of drug-likeness (QED) is 0.314. The third-order valence-corrected chi connectivity index (χ3v) is 8.16. The minimum absolute atomic E-state index is 0.00596. The molecule has 1 aromatic carbocycles. The molecule has 0 saturated carbocycles. The van der Waals surface area contributed by atoms with Crippen molar-refractivity contribution in [3.63, 3.8) is 0 Å². The third-order valence-electron chi connectivity index (χ3n) is 6.32. The monoisotopic (exact) mass is 573 g/mol. The molecule has 1 aliphatic heterocycles. The van der Waals surface area contributed by atoms with Crippen LogP contribution in [0.3, 0.4) is 0 Å². The van der Waals surface area contributed by atoms with E-state index in [-0.39, 0.29) is 46.7 Å². The van der Waals surface area contributed by atoms with Gasteiger partial charge in [0, 0.05) is 36.7 Å². The van der Waals surface area contributed by atoms with Gasteiger partial charge in [-0.3, -0.25) is 9.78 Å². The molecule has 0 unspecified atom stereocenters. The maximum absolute atomic E-state index is 13.5. The van der Waals surface area contributed by atoms with Crippen molar-refractivity contribution in [1.82, 2.24) is 34.3 Å². The number of hydrogen-bond donors (Lipinski definition) is 0. The van der Waals surface area contributed by atoms with Crippen molar-refractivity contribution in [2.45, 2.75) is 6.61 Å². The number of pyridine rings is 1. The molecule has 1 fully saturated rings. The third kappa shape index (κ3) is 4.65. The Hall–Kier alpha value is -4.17. The average molecular weight is 574 g/mol. The highest BCUT2D eigenvalue weighted by molar-refractivity contribution is 7.91. The lowest BCUT2D eigenvalue weighted by atomic mass is 10.1. The first kappa shape index (κ1) is 25.1. The fourth-order valence-electron chi connectivity index (χ4n) is 4.42. The first-order chi connectivity index (χ1) is 18.7. The molecule has 39 heavy (non-hydrogen) atoms. The lowest BCUT2D eigenvalue weighted by molar-refractivity contribution is -0.0498. The second kappa shape index (κ2) is 9.54. The van der Waals surface area contributed by atoms with E-state index in [0.717, 1.165) is 0 Å². The Morgan fingerprint density at radius 3 is 2.67 bits per heavy atom. The smallest absolute Gasteiger partial charge is 0.387 e. The SMILES string of the molecule is O=C(c1nn(-c2cc(Cl)ccc2OC(F)F)c2cc(-c3cnn4cccnc34)ncc12)N1CCS(=O)(=O)CC1. The lowest BCUT2D eigenvalue weighted by Gasteiger charge is -2.26. The Morgan fingerprint density at radius 2 is 1.90 bits per heavy atom. The predicted molar refractivity (Wildman–Crippen MR) is 137 cm³/mol. The highest BCUT2D eigenvalue weighted by Gasteiger charge is 2.30. The molecule has 6 rings (SSSR count). The van der Waals surface area contributed by atoms with Crippen molar-refractivity contribution < 1.29 is 26.7 Å². The van der Waals surface area contributed by atoms with Gasteiger partial charge in [-0.1, -0.05) is 11.6 Å². The summed E-state index contributed by atoms with van der Waals surface area (Å²) in [6.45, 7) is -3.11. The summed E-state index contributed by atoms with van der Waals surface area (Å²) in [5.74, 6) is -1.05. The summed E-state index contributed by atoms with van der Waals surface area (Å²) in [4.78, 5) is 23.8. The molecule has 0 bridgehead atoms. The van der Waals surface area contributed by atoms with Crippen LogP contribution < -0.4 is 4.74 Å². The zero-order valence-electron chi connectivity index (χ0n) is 19.9. The fraction of sp³-hybridized carbons (Fsp3) is 0.208. The van der Waals surface area contributed by atoms with Crippen LogP contribution in [-0.2, 0) is 9.84 Å². The Kier molecular flexibility index (Phi) is 6.14. The van der Waals surface area contributed by atoms with E-state index >= 15 is 0 Å². The number of halogens is 3. The number of carbonyl (C=O) groups is 1. The maximum atomic E-state index is 13.5. The van der Waals surface area contributed by atoms with Crippen molar-refractivity contribution >= 4 is 43.9 Å². The number of alkyl halides is 2. The van der Waals surface area contributed by atoms with Crippen molar-refractivity contribution in [3.8, 4) is 22.7 Å². The minimum atomic E-state index is -3.23. The number of carbonyl (C=O) groups excluding carboxylic acids is 1. The number of aromatic nitrogens is 6. The minimum Gasteiger partial charge on any atom is -0.433 e. The van der Waals surface area contributed by atoms with Gasteiger partial charge in [0.1, 0.15) is 5.69 Å². The molecular weight excluding hydrogens is 556 g/mol. The Bertz CT molecular complexity index is 1840. The topological polar surface area (TPSA) is 125 Å². The van der Waals surface area contributed by atoms with E-state index < -0.39 is 22.4 Å². The van der Waals surface area contributed by atoms with Crippen molar-refractivity contribution in [3.05, 3.63) is 65.8 Å². The molecule has 0 spiro atoms. The van der Waals surface area contributed by atoms with E-state index in [1.807, 2.05) is 0 Å². The van der Waals surface area contributed by atoms with Crippen LogP contribution in [0.25, 0.3) is 33.5 Å². The first-order valence-corrected chi connectivity index (χ1v) is 13.8. The Balaban J connectivity index is 1.54. The predicted octanol–water partition coefficient (Wildman–Crippen LogP) is 3.26. The van der Waals surface area contributed by atoms with Gasteiger partial charge in [-0.2, -0.15) is 19.0 Å². The Morgan fingerprint density at radius 1 is 1.10 bits per heavy atom.